The molecule has 1 aromatic carbocycles. The normalized spacial score (nSPS) is 16.5. The predicted octanol–water partition coefficient (Wildman–Crippen LogP) is 3.23. The minimum absolute atomic E-state index is 0.205. The molecule has 2 N–H and O–H groups in total. The second kappa shape index (κ2) is 4.36. The number of rotatable bonds is 5. The molecule has 1 saturated carbocycles. The molecule has 0 aromatic heterocycles. The van der Waals surface area contributed by atoms with Crippen molar-refractivity contribution in [2.75, 3.05) is 5.73 Å². The van der Waals surface area contributed by atoms with E-state index < -0.39 is 0 Å². The third-order valence-electron chi connectivity index (χ3n) is 3.53. The highest BCUT2D eigenvalue weighted by Gasteiger charge is 2.49. The Balaban J connectivity index is 2.11. The van der Waals surface area contributed by atoms with Crippen molar-refractivity contribution in [1.29, 1.82) is 0 Å². The van der Waals surface area contributed by atoms with Crippen LogP contribution in [-0.2, 0) is 10.2 Å². The maximum Gasteiger partial charge on any atom is 0.143 e. The molecule has 0 spiro atoms. The van der Waals surface area contributed by atoms with Gasteiger partial charge in [-0.25, -0.2) is 0 Å². The molecular weight excluding hydrogens is 210 g/mol. The molecule has 1 aliphatic rings. The molecule has 1 fully saturated rings. The van der Waals surface area contributed by atoms with Gasteiger partial charge < -0.3 is 5.73 Å². The zero-order valence-corrected chi connectivity index (χ0v) is 10.3. The molecule has 1 aromatic rings. The van der Waals surface area contributed by atoms with Gasteiger partial charge in [-0.2, -0.15) is 0 Å². The summed E-state index contributed by atoms with van der Waals surface area (Å²) in [7, 11) is 0. The van der Waals surface area contributed by atoms with Gasteiger partial charge in [0.05, 0.1) is 5.41 Å². The van der Waals surface area contributed by atoms with Crippen molar-refractivity contribution in [3.63, 3.8) is 0 Å². The molecular formula is C15H19NO. The van der Waals surface area contributed by atoms with Crippen LogP contribution in [0.15, 0.2) is 36.4 Å². The van der Waals surface area contributed by atoms with E-state index in [4.69, 9.17) is 5.73 Å². The largest absolute Gasteiger partial charge is 0.399 e. The number of nitrogen functional groups attached to an aromatic ring is 1. The summed E-state index contributed by atoms with van der Waals surface area (Å²) in [5.74, 6) is 0.352. The molecule has 17 heavy (non-hydrogen) atoms. The van der Waals surface area contributed by atoms with Gasteiger partial charge in [-0.15, -0.1) is 6.58 Å². The smallest absolute Gasteiger partial charge is 0.143 e. The second-order valence-electron chi connectivity index (χ2n) is 5.08. The summed E-state index contributed by atoms with van der Waals surface area (Å²) in [6.07, 6.45) is 3.37. The van der Waals surface area contributed by atoms with E-state index in [0.29, 0.717) is 12.2 Å². The first-order chi connectivity index (χ1) is 8.04. The highest BCUT2D eigenvalue weighted by Crippen LogP contribution is 2.50. The Morgan fingerprint density at radius 2 is 1.88 bits per heavy atom. The first kappa shape index (κ1) is 11.9. The SMILES string of the molecule is C=C(C)CCC(=O)C1(c2ccc(N)cc2)CC1. The molecule has 2 rings (SSSR count). The van der Waals surface area contributed by atoms with Gasteiger partial charge in [0.15, 0.2) is 0 Å². The van der Waals surface area contributed by atoms with Crippen LogP contribution in [0.1, 0.15) is 38.2 Å². The van der Waals surface area contributed by atoms with E-state index in [1.54, 1.807) is 0 Å². The predicted molar refractivity (Wildman–Crippen MR) is 70.8 cm³/mol. The van der Waals surface area contributed by atoms with Crippen LogP contribution in [0, 0.1) is 0 Å². The number of allylic oxidation sites excluding steroid dienone is 1. The summed E-state index contributed by atoms with van der Waals surface area (Å²) in [5, 5.41) is 0. The van der Waals surface area contributed by atoms with Crippen LogP contribution in [-0.4, -0.2) is 5.78 Å². The zero-order valence-electron chi connectivity index (χ0n) is 10.3. The number of anilines is 1. The van der Waals surface area contributed by atoms with E-state index in [9.17, 15) is 4.79 Å². The van der Waals surface area contributed by atoms with Crippen LogP contribution in [0.2, 0.25) is 0 Å². The van der Waals surface area contributed by atoms with E-state index >= 15 is 0 Å². The molecule has 0 unspecified atom stereocenters. The van der Waals surface area contributed by atoms with Crippen molar-refractivity contribution in [3.8, 4) is 0 Å². The van der Waals surface area contributed by atoms with Crippen molar-refractivity contribution in [3.05, 3.63) is 42.0 Å². The number of hydrogen-bond acceptors (Lipinski definition) is 2. The van der Waals surface area contributed by atoms with Crippen molar-refractivity contribution in [1.82, 2.24) is 0 Å². The lowest BCUT2D eigenvalue weighted by molar-refractivity contribution is -0.121. The van der Waals surface area contributed by atoms with Gasteiger partial charge in [-0.05, 0) is 43.9 Å². The molecule has 90 valence electrons. The summed E-state index contributed by atoms with van der Waals surface area (Å²) in [6, 6.07) is 7.73. The van der Waals surface area contributed by atoms with Gasteiger partial charge in [0, 0.05) is 12.1 Å². The number of benzene rings is 1. The van der Waals surface area contributed by atoms with Gasteiger partial charge in [0.25, 0.3) is 0 Å². The van der Waals surface area contributed by atoms with E-state index in [2.05, 4.69) is 6.58 Å². The van der Waals surface area contributed by atoms with Gasteiger partial charge >= 0.3 is 0 Å². The Morgan fingerprint density at radius 1 is 1.29 bits per heavy atom. The van der Waals surface area contributed by atoms with E-state index in [1.807, 2.05) is 31.2 Å². The average molecular weight is 229 g/mol. The summed E-state index contributed by atoms with van der Waals surface area (Å²) in [6.45, 7) is 5.81. The zero-order chi connectivity index (χ0) is 12.5. The molecule has 0 saturated heterocycles. The molecule has 2 nitrogen and oxygen atoms in total. The molecule has 0 aliphatic heterocycles. The van der Waals surface area contributed by atoms with Crippen LogP contribution in [0.3, 0.4) is 0 Å². The number of carbonyl (C=O) groups excluding carboxylic acids is 1. The minimum atomic E-state index is -0.205. The lowest BCUT2D eigenvalue weighted by Crippen LogP contribution is -2.20. The molecule has 0 amide bonds. The van der Waals surface area contributed by atoms with Crippen LogP contribution in [0.5, 0.6) is 0 Å². The first-order valence-corrected chi connectivity index (χ1v) is 6.08. The lowest BCUT2D eigenvalue weighted by atomic mass is 9.88. The third kappa shape index (κ3) is 2.41. The molecule has 2 heteroatoms. The van der Waals surface area contributed by atoms with Gasteiger partial charge in [-0.1, -0.05) is 17.7 Å². The van der Waals surface area contributed by atoms with Crippen molar-refractivity contribution in [2.24, 2.45) is 0 Å². The number of Topliss-reactive ketones (excluding diaryl/α,β-unsaturated/α-hetero) is 1. The Hall–Kier alpha value is -1.57. The van der Waals surface area contributed by atoms with Gasteiger partial charge in [0.1, 0.15) is 5.78 Å². The monoisotopic (exact) mass is 229 g/mol. The number of carbonyl (C=O) groups is 1. The average Bonchev–Trinajstić information content (AvgIpc) is 3.08. The number of hydrogen-bond donors (Lipinski definition) is 1. The fourth-order valence-electron chi connectivity index (χ4n) is 2.22. The molecule has 0 atom stereocenters. The van der Waals surface area contributed by atoms with Gasteiger partial charge in [-0.3, -0.25) is 4.79 Å². The Morgan fingerprint density at radius 3 is 2.35 bits per heavy atom. The molecule has 0 radical (unpaired) electrons. The summed E-state index contributed by atoms with van der Waals surface area (Å²) in [4.78, 5) is 12.2. The van der Waals surface area contributed by atoms with E-state index in [1.165, 1.54) is 0 Å². The quantitative estimate of drug-likeness (QED) is 0.622. The summed E-state index contributed by atoms with van der Waals surface area (Å²) >= 11 is 0. The van der Waals surface area contributed by atoms with Crippen LogP contribution >= 0.6 is 0 Å². The van der Waals surface area contributed by atoms with Crippen LogP contribution in [0.25, 0.3) is 0 Å². The second-order valence-corrected chi connectivity index (χ2v) is 5.08. The van der Waals surface area contributed by atoms with Crippen molar-refractivity contribution in [2.45, 2.75) is 38.0 Å². The van der Waals surface area contributed by atoms with Crippen LogP contribution in [0.4, 0.5) is 5.69 Å². The number of ketones is 1. The fraction of sp³-hybridized carbons (Fsp3) is 0.400. The Bertz CT molecular complexity index is 440. The maximum atomic E-state index is 12.2. The number of nitrogens with two attached hydrogens (primary N) is 1. The molecule has 0 heterocycles. The van der Waals surface area contributed by atoms with E-state index in [-0.39, 0.29) is 5.41 Å². The standard InChI is InChI=1S/C15H19NO/c1-11(2)3-8-14(17)15(9-10-15)12-4-6-13(16)7-5-12/h4-7H,1,3,8-10,16H2,2H3. The minimum Gasteiger partial charge on any atom is -0.399 e. The Kier molecular flexibility index (Phi) is 3.05. The van der Waals surface area contributed by atoms with Crippen LogP contribution < -0.4 is 5.73 Å². The highest BCUT2D eigenvalue weighted by molar-refractivity contribution is 5.93. The maximum absolute atomic E-state index is 12.2. The molecule has 0 bridgehead atoms. The molecule has 1 aliphatic carbocycles. The van der Waals surface area contributed by atoms with E-state index in [0.717, 1.165) is 36.1 Å². The van der Waals surface area contributed by atoms with Crippen molar-refractivity contribution >= 4 is 11.5 Å². The lowest BCUT2D eigenvalue weighted by Gasteiger charge is -2.14. The topological polar surface area (TPSA) is 43.1 Å². The fourth-order valence-corrected chi connectivity index (χ4v) is 2.22. The highest BCUT2D eigenvalue weighted by atomic mass is 16.1. The third-order valence-corrected chi connectivity index (χ3v) is 3.53. The summed E-state index contributed by atoms with van der Waals surface area (Å²) < 4.78 is 0. The van der Waals surface area contributed by atoms with Gasteiger partial charge in [0.2, 0.25) is 0 Å². The Labute approximate surface area is 103 Å². The van der Waals surface area contributed by atoms with Crippen molar-refractivity contribution < 1.29 is 4.79 Å². The first-order valence-electron chi connectivity index (χ1n) is 6.08. The summed E-state index contributed by atoms with van der Waals surface area (Å²) in [5.41, 5.74) is 8.41.